The molecule has 3 unspecified atom stereocenters. The number of hydrogen-bond acceptors (Lipinski definition) is 3. The second kappa shape index (κ2) is 4.97. The fourth-order valence-electron chi connectivity index (χ4n) is 1.74. The Balaban J connectivity index is 2.44. The lowest BCUT2D eigenvalue weighted by Gasteiger charge is -2.20. The third kappa shape index (κ3) is 2.46. The number of amides is 1. The summed E-state index contributed by atoms with van der Waals surface area (Å²) in [7, 11) is 1.66. The normalized spacial score (nSPS) is 28.1. The van der Waals surface area contributed by atoms with E-state index in [0.717, 1.165) is 19.3 Å². The molecule has 1 N–H and O–H groups in total. The topological polar surface area (TPSA) is 62.1 Å². The zero-order chi connectivity index (χ0) is 10.6. The van der Waals surface area contributed by atoms with Crippen molar-refractivity contribution in [1.82, 2.24) is 5.32 Å². The largest absolute Gasteiger partial charge is 0.379 e. The van der Waals surface area contributed by atoms with E-state index in [4.69, 9.17) is 10.00 Å². The zero-order valence-electron chi connectivity index (χ0n) is 8.62. The van der Waals surface area contributed by atoms with Gasteiger partial charge in [-0.1, -0.05) is 0 Å². The first kappa shape index (κ1) is 11.0. The summed E-state index contributed by atoms with van der Waals surface area (Å²) in [6.07, 6.45) is 3.12. The van der Waals surface area contributed by atoms with Crippen LogP contribution in [0.1, 0.15) is 26.2 Å². The Morgan fingerprint density at radius 1 is 1.64 bits per heavy atom. The molecule has 1 saturated carbocycles. The Morgan fingerprint density at radius 2 is 2.36 bits per heavy atom. The summed E-state index contributed by atoms with van der Waals surface area (Å²) >= 11 is 0. The van der Waals surface area contributed by atoms with Gasteiger partial charge >= 0.3 is 0 Å². The van der Waals surface area contributed by atoms with Crippen LogP contribution in [-0.2, 0) is 9.53 Å². The van der Waals surface area contributed by atoms with Crippen molar-refractivity contribution >= 4 is 5.91 Å². The Kier molecular flexibility index (Phi) is 3.90. The molecule has 1 aliphatic carbocycles. The molecule has 0 spiro atoms. The lowest BCUT2D eigenvalue weighted by atomic mass is 10.1. The summed E-state index contributed by atoms with van der Waals surface area (Å²) in [6.45, 7) is 1.60. The van der Waals surface area contributed by atoms with E-state index in [9.17, 15) is 4.79 Å². The maximum atomic E-state index is 11.4. The van der Waals surface area contributed by atoms with Gasteiger partial charge in [0.2, 0.25) is 5.91 Å². The Morgan fingerprint density at radius 3 is 2.93 bits per heavy atom. The van der Waals surface area contributed by atoms with Crippen LogP contribution in [-0.4, -0.2) is 25.2 Å². The number of hydrogen-bond donors (Lipinski definition) is 1. The van der Waals surface area contributed by atoms with E-state index < -0.39 is 5.92 Å². The van der Waals surface area contributed by atoms with Crippen molar-refractivity contribution in [2.24, 2.45) is 5.92 Å². The molecule has 4 nitrogen and oxygen atoms in total. The molecule has 0 aromatic rings. The summed E-state index contributed by atoms with van der Waals surface area (Å²) < 4.78 is 5.24. The van der Waals surface area contributed by atoms with Crippen molar-refractivity contribution in [3.05, 3.63) is 0 Å². The van der Waals surface area contributed by atoms with Crippen molar-refractivity contribution in [3.8, 4) is 6.07 Å². The van der Waals surface area contributed by atoms with Crippen LogP contribution >= 0.6 is 0 Å². The molecule has 0 aromatic heterocycles. The molecule has 1 amide bonds. The zero-order valence-corrected chi connectivity index (χ0v) is 8.62. The van der Waals surface area contributed by atoms with Gasteiger partial charge in [0.25, 0.3) is 0 Å². The second-order valence-corrected chi connectivity index (χ2v) is 3.67. The summed E-state index contributed by atoms with van der Waals surface area (Å²) in [5.41, 5.74) is 0. The number of carbonyl (C=O) groups excluding carboxylic acids is 1. The molecule has 0 heterocycles. The van der Waals surface area contributed by atoms with E-state index in [1.807, 2.05) is 6.07 Å². The van der Waals surface area contributed by atoms with E-state index >= 15 is 0 Å². The minimum absolute atomic E-state index is 0.0864. The number of nitrogens with zero attached hydrogens (tertiary/aromatic N) is 1. The molecule has 1 aliphatic rings. The maximum Gasteiger partial charge on any atom is 0.237 e. The van der Waals surface area contributed by atoms with Crippen LogP contribution in [0, 0.1) is 17.2 Å². The Hall–Kier alpha value is -1.08. The van der Waals surface area contributed by atoms with Crippen LogP contribution < -0.4 is 5.32 Å². The summed E-state index contributed by atoms with van der Waals surface area (Å²) in [5, 5.41) is 11.4. The summed E-state index contributed by atoms with van der Waals surface area (Å²) in [6, 6.07) is 2.01. The maximum absolute atomic E-state index is 11.4. The highest BCUT2D eigenvalue weighted by atomic mass is 16.5. The van der Waals surface area contributed by atoms with Gasteiger partial charge in [-0.2, -0.15) is 5.26 Å². The average Bonchev–Trinajstić information content (AvgIpc) is 2.63. The summed E-state index contributed by atoms with van der Waals surface area (Å²) in [5.74, 6) is -0.769. The fraction of sp³-hybridized carbons (Fsp3) is 0.800. The van der Waals surface area contributed by atoms with Crippen LogP contribution in [0.5, 0.6) is 0 Å². The first-order valence-electron chi connectivity index (χ1n) is 4.91. The van der Waals surface area contributed by atoms with E-state index in [1.54, 1.807) is 14.0 Å². The SMILES string of the molecule is COC1CCCC1NC(=O)C(C)C#N. The van der Waals surface area contributed by atoms with Crippen LogP contribution in [0.25, 0.3) is 0 Å². The van der Waals surface area contributed by atoms with Gasteiger partial charge in [-0.25, -0.2) is 0 Å². The van der Waals surface area contributed by atoms with E-state index in [2.05, 4.69) is 5.32 Å². The predicted octanol–water partition coefficient (Wildman–Crippen LogP) is 0.830. The molecule has 14 heavy (non-hydrogen) atoms. The molecule has 0 aromatic carbocycles. The number of nitriles is 1. The quantitative estimate of drug-likeness (QED) is 0.727. The molecular formula is C10H16N2O2. The number of rotatable bonds is 3. The number of ether oxygens (including phenoxy) is 1. The molecule has 1 fully saturated rings. The Bertz CT molecular complexity index is 247. The molecule has 1 rings (SSSR count). The van der Waals surface area contributed by atoms with Gasteiger partial charge in [0.15, 0.2) is 0 Å². The predicted molar refractivity (Wildman–Crippen MR) is 51.4 cm³/mol. The molecule has 4 heteroatoms. The number of carbonyl (C=O) groups is 1. The highest BCUT2D eigenvalue weighted by molar-refractivity contribution is 5.80. The third-order valence-corrected chi connectivity index (χ3v) is 2.67. The van der Waals surface area contributed by atoms with Crippen LogP contribution in [0.3, 0.4) is 0 Å². The van der Waals surface area contributed by atoms with Crippen molar-refractivity contribution < 1.29 is 9.53 Å². The standard InChI is InChI=1S/C10H16N2O2/c1-7(6-11)10(13)12-8-4-3-5-9(8)14-2/h7-9H,3-5H2,1-2H3,(H,12,13). The molecule has 0 radical (unpaired) electrons. The van der Waals surface area contributed by atoms with Crippen molar-refractivity contribution in [2.45, 2.75) is 38.3 Å². The van der Waals surface area contributed by atoms with Gasteiger partial charge in [-0.3, -0.25) is 4.79 Å². The Labute approximate surface area is 84.2 Å². The van der Waals surface area contributed by atoms with Crippen molar-refractivity contribution in [3.63, 3.8) is 0 Å². The third-order valence-electron chi connectivity index (χ3n) is 2.67. The van der Waals surface area contributed by atoms with Gasteiger partial charge < -0.3 is 10.1 Å². The van der Waals surface area contributed by atoms with E-state index in [-0.39, 0.29) is 18.1 Å². The molecule has 78 valence electrons. The molecule has 0 saturated heterocycles. The smallest absolute Gasteiger partial charge is 0.237 e. The number of methoxy groups -OCH3 is 1. The van der Waals surface area contributed by atoms with Gasteiger partial charge in [0, 0.05) is 7.11 Å². The van der Waals surface area contributed by atoms with Gasteiger partial charge in [0.1, 0.15) is 5.92 Å². The second-order valence-electron chi connectivity index (χ2n) is 3.67. The van der Waals surface area contributed by atoms with Gasteiger partial charge in [-0.05, 0) is 26.2 Å². The highest BCUT2D eigenvalue weighted by Crippen LogP contribution is 2.21. The van der Waals surface area contributed by atoms with Crippen LogP contribution in [0.4, 0.5) is 0 Å². The number of nitrogens with one attached hydrogen (secondary N) is 1. The van der Waals surface area contributed by atoms with Crippen molar-refractivity contribution in [1.29, 1.82) is 5.26 Å². The molecule has 0 bridgehead atoms. The van der Waals surface area contributed by atoms with E-state index in [0.29, 0.717) is 0 Å². The van der Waals surface area contributed by atoms with Gasteiger partial charge in [-0.15, -0.1) is 0 Å². The first-order valence-corrected chi connectivity index (χ1v) is 4.91. The lowest BCUT2D eigenvalue weighted by molar-refractivity contribution is -0.124. The molecule has 3 atom stereocenters. The minimum Gasteiger partial charge on any atom is -0.379 e. The van der Waals surface area contributed by atoms with Crippen LogP contribution in [0.2, 0.25) is 0 Å². The molecular weight excluding hydrogens is 180 g/mol. The fourth-order valence-corrected chi connectivity index (χ4v) is 1.74. The van der Waals surface area contributed by atoms with Gasteiger partial charge in [0.05, 0.1) is 18.2 Å². The van der Waals surface area contributed by atoms with Crippen LogP contribution in [0.15, 0.2) is 0 Å². The lowest BCUT2D eigenvalue weighted by Crippen LogP contribution is -2.42. The minimum atomic E-state index is -0.576. The van der Waals surface area contributed by atoms with Crippen molar-refractivity contribution in [2.75, 3.05) is 7.11 Å². The monoisotopic (exact) mass is 196 g/mol. The summed E-state index contributed by atoms with van der Waals surface area (Å²) in [4.78, 5) is 11.4. The highest BCUT2D eigenvalue weighted by Gasteiger charge is 2.29. The van der Waals surface area contributed by atoms with E-state index in [1.165, 1.54) is 0 Å². The molecule has 0 aliphatic heterocycles. The average molecular weight is 196 g/mol. The first-order chi connectivity index (χ1) is 6.69.